The lowest BCUT2D eigenvalue weighted by atomic mass is 9.92. The largest absolute Gasteiger partial charge is 0.477 e. The molecule has 3 atom stereocenters. The van der Waals surface area contributed by atoms with E-state index >= 15 is 0 Å². The highest BCUT2D eigenvalue weighted by Gasteiger charge is 2.34. The summed E-state index contributed by atoms with van der Waals surface area (Å²) in [6.07, 6.45) is 5.54. The van der Waals surface area contributed by atoms with Crippen molar-refractivity contribution < 1.29 is 19.0 Å². The van der Waals surface area contributed by atoms with E-state index in [4.69, 9.17) is 4.74 Å². The maximum Gasteiger partial charge on any atom is 0.263 e. The Hall–Kier alpha value is -3.39. The van der Waals surface area contributed by atoms with Crippen molar-refractivity contribution in [2.75, 3.05) is 11.4 Å². The average Bonchev–Trinajstić information content (AvgIpc) is 3.37. The lowest BCUT2D eigenvalue weighted by Gasteiger charge is -2.37. The summed E-state index contributed by atoms with van der Waals surface area (Å²) >= 11 is 0. The smallest absolute Gasteiger partial charge is 0.263 e. The zero-order valence-corrected chi connectivity index (χ0v) is 18.2. The summed E-state index contributed by atoms with van der Waals surface area (Å²) < 4.78 is 22.6. The molecule has 1 fully saturated rings. The van der Waals surface area contributed by atoms with Crippen LogP contribution in [0.25, 0.3) is 5.69 Å². The molecular formula is C25H27FN4O3. The molecule has 0 radical (unpaired) electrons. The number of nitrogens with one attached hydrogen (secondary N) is 1. The van der Waals surface area contributed by atoms with Crippen molar-refractivity contribution in [3.63, 3.8) is 0 Å². The first-order valence-electron chi connectivity index (χ1n) is 11.4. The Morgan fingerprint density at radius 3 is 2.82 bits per heavy atom. The van der Waals surface area contributed by atoms with Gasteiger partial charge >= 0.3 is 0 Å². The van der Waals surface area contributed by atoms with E-state index in [-0.39, 0.29) is 24.3 Å². The molecule has 1 saturated carbocycles. The van der Waals surface area contributed by atoms with Crippen LogP contribution in [0.5, 0.6) is 5.75 Å². The van der Waals surface area contributed by atoms with Gasteiger partial charge in [-0.05, 0) is 43.2 Å². The summed E-state index contributed by atoms with van der Waals surface area (Å²) in [5.74, 6) is -0.00470. The number of anilines is 1. The highest BCUT2D eigenvalue weighted by molar-refractivity contribution is 5.83. The summed E-state index contributed by atoms with van der Waals surface area (Å²) in [6, 6.07) is 14.0. The number of aliphatic hydroxyl groups excluding tert-OH is 1. The zero-order valence-electron chi connectivity index (χ0n) is 18.2. The van der Waals surface area contributed by atoms with E-state index in [0.717, 1.165) is 24.9 Å². The number of rotatable bonds is 5. The van der Waals surface area contributed by atoms with Gasteiger partial charge in [-0.15, -0.1) is 0 Å². The van der Waals surface area contributed by atoms with E-state index in [1.165, 1.54) is 6.07 Å². The molecule has 5 rings (SSSR count). The SMILES string of the molecule is O=C(N[C@H]1CCCC[C@@H]1O)C1CN(Cc2ccc(-n3cccn3)cc2F)c2ccccc2O1. The van der Waals surface area contributed by atoms with Gasteiger partial charge in [0.25, 0.3) is 5.91 Å². The van der Waals surface area contributed by atoms with Crippen LogP contribution in [0.15, 0.2) is 60.9 Å². The molecule has 7 nitrogen and oxygen atoms in total. The van der Waals surface area contributed by atoms with E-state index in [9.17, 15) is 14.3 Å². The van der Waals surface area contributed by atoms with Crippen LogP contribution in [0.4, 0.5) is 10.1 Å². The number of amides is 1. The predicted octanol–water partition coefficient (Wildman–Crippen LogP) is 3.20. The second kappa shape index (κ2) is 9.23. The van der Waals surface area contributed by atoms with Crippen molar-refractivity contribution in [2.24, 2.45) is 0 Å². The molecule has 2 aromatic carbocycles. The molecule has 1 aliphatic heterocycles. The molecule has 3 aromatic rings. The standard InChI is InChI=1S/C25H27FN4O3/c26-19-14-18(30-13-5-12-27-30)11-10-17(19)15-29-16-24(33-23-9-4-2-7-21(23)29)25(32)28-20-6-1-3-8-22(20)31/h2,4-5,7,9-14,20,22,24,31H,1,3,6,8,15-16H2,(H,28,32)/t20-,22-,24?/m0/s1. The Labute approximate surface area is 191 Å². The van der Waals surface area contributed by atoms with Crippen LogP contribution in [-0.2, 0) is 11.3 Å². The number of benzene rings is 2. The number of aliphatic hydroxyl groups is 1. The third-order valence-corrected chi connectivity index (χ3v) is 6.38. The quantitative estimate of drug-likeness (QED) is 0.624. The first-order chi connectivity index (χ1) is 16.1. The molecule has 0 saturated heterocycles. The fourth-order valence-electron chi connectivity index (χ4n) is 4.58. The van der Waals surface area contributed by atoms with Crippen molar-refractivity contribution in [1.82, 2.24) is 15.1 Å². The number of hydrogen-bond donors (Lipinski definition) is 2. The first kappa shape index (κ1) is 21.5. The monoisotopic (exact) mass is 450 g/mol. The van der Waals surface area contributed by atoms with Crippen LogP contribution in [-0.4, -0.2) is 45.6 Å². The van der Waals surface area contributed by atoms with Gasteiger partial charge in [0, 0.05) is 24.5 Å². The number of fused-ring (bicyclic) bond motifs is 1. The van der Waals surface area contributed by atoms with Gasteiger partial charge in [-0.2, -0.15) is 5.10 Å². The number of aromatic nitrogens is 2. The number of nitrogens with zero attached hydrogens (tertiary/aromatic N) is 3. The molecule has 8 heteroatoms. The van der Waals surface area contributed by atoms with Gasteiger partial charge in [-0.3, -0.25) is 4.79 Å². The first-order valence-corrected chi connectivity index (χ1v) is 11.4. The van der Waals surface area contributed by atoms with Crippen molar-refractivity contribution in [1.29, 1.82) is 0 Å². The number of carbonyl (C=O) groups is 1. The second-order valence-electron chi connectivity index (χ2n) is 8.65. The average molecular weight is 451 g/mol. The molecule has 1 aliphatic carbocycles. The summed E-state index contributed by atoms with van der Waals surface area (Å²) in [4.78, 5) is 15.0. The van der Waals surface area contributed by atoms with Gasteiger partial charge in [-0.1, -0.05) is 31.0 Å². The number of halogens is 1. The van der Waals surface area contributed by atoms with Crippen molar-refractivity contribution in [3.8, 4) is 11.4 Å². The molecule has 172 valence electrons. The molecule has 2 heterocycles. The maximum atomic E-state index is 15.0. The normalized spacial score (nSPS) is 22.4. The van der Waals surface area contributed by atoms with E-state index in [2.05, 4.69) is 10.4 Å². The lowest BCUT2D eigenvalue weighted by Crippen LogP contribution is -2.54. The van der Waals surface area contributed by atoms with Crippen LogP contribution in [0.1, 0.15) is 31.2 Å². The van der Waals surface area contributed by atoms with Crippen molar-refractivity contribution in [3.05, 3.63) is 72.3 Å². The van der Waals surface area contributed by atoms with Gasteiger partial charge in [0.05, 0.1) is 30.1 Å². The molecule has 2 aliphatic rings. The minimum absolute atomic E-state index is 0.255. The Morgan fingerprint density at radius 2 is 2.03 bits per heavy atom. The Kier molecular flexibility index (Phi) is 6.00. The van der Waals surface area contributed by atoms with Crippen LogP contribution >= 0.6 is 0 Å². The molecule has 2 N–H and O–H groups in total. The minimum atomic E-state index is -0.750. The topological polar surface area (TPSA) is 79.6 Å². The third kappa shape index (κ3) is 4.57. The highest BCUT2D eigenvalue weighted by atomic mass is 19.1. The van der Waals surface area contributed by atoms with Gasteiger partial charge < -0.3 is 20.1 Å². The summed E-state index contributed by atoms with van der Waals surface area (Å²) in [5.41, 5.74) is 1.98. The van der Waals surface area contributed by atoms with Gasteiger partial charge in [-0.25, -0.2) is 9.07 Å². The van der Waals surface area contributed by atoms with E-state index in [1.54, 1.807) is 29.2 Å². The van der Waals surface area contributed by atoms with Crippen LogP contribution in [0.3, 0.4) is 0 Å². The van der Waals surface area contributed by atoms with Crippen molar-refractivity contribution >= 4 is 11.6 Å². The second-order valence-corrected chi connectivity index (χ2v) is 8.65. The third-order valence-electron chi connectivity index (χ3n) is 6.38. The summed E-state index contributed by atoms with van der Waals surface area (Å²) in [5, 5.41) is 17.3. The highest BCUT2D eigenvalue weighted by Crippen LogP contribution is 2.34. The van der Waals surface area contributed by atoms with Gasteiger partial charge in [0.15, 0.2) is 6.10 Å². The number of hydrogen-bond acceptors (Lipinski definition) is 5. The van der Waals surface area contributed by atoms with Crippen LogP contribution < -0.4 is 15.0 Å². The number of ether oxygens (including phenoxy) is 1. The molecule has 1 amide bonds. The Bertz CT molecular complexity index is 1120. The fourth-order valence-corrected chi connectivity index (χ4v) is 4.58. The van der Waals surface area contributed by atoms with Gasteiger partial charge in [0.2, 0.25) is 0 Å². The predicted molar refractivity (Wildman–Crippen MR) is 122 cm³/mol. The molecule has 0 bridgehead atoms. The number of para-hydroxylation sites is 2. The lowest BCUT2D eigenvalue weighted by molar-refractivity contribution is -0.129. The Balaban J connectivity index is 1.35. The summed E-state index contributed by atoms with van der Waals surface area (Å²) in [7, 11) is 0. The zero-order chi connectivity index (χ0) is 22.8. The van der Waals surface area contributed by atoms with Gasteiger partial charge in [0.1, 0.15) is 11.6 Å². The summed E-state index contributed by atoms with van der Waals surface area (Å²) in [6.45, 7) is 0.577. The fraction of sp³-hybridized carbons (Fsp3) is 0.360. The van der Waals surface area contributed by atoms with E-state index < -0.39 is 12.2 Å². The number of carbonyl (C=O) groups excluding carboxylic acids is 1. The Morgan fingerprint density at radius 1 is 1.18 bits per heavy atom. The van der Waals surface area contributed by atoms with Crippen molar-refractivity contribution in [2.45, 2.75) is 50.5 Å². The minimum Gasteiger partial charge on any atom is -0.477 e. The molecule has 33 heavy (non-hydrogen) atoms. The van der Waals surface area contributed by atoms with Crippen LogP contribution in [0, 0.1) is 5.82 Å². The molecule has 1 unspecified atom stereocenters. The van der Waals surface area contributed by atoms with E-state index in [0.29, 0.717) is 30.0 Å². The van der Waals surface area contributed by atoms with E-state index in [1.807, 2.05) is 35.2 Å². The molecular weight excluding hydrogens is 423 g/mol. The van der Waals surface area contributed by atoms with Crippen LogP contribution in [0.2, 0.25) is 0 Å². The maximum absolute atomic E-state index is 15.0. The molecule has 0 spiro atoms. The molecule has 1 aromatic heterocycles.